The van der Waals surface area contributed by atoms with Gasteiger partial charge in [-0.1, -0.05) is 0 Å². The lowest BCUT2D eigenvalue weighted by molar-refractivity contribution is -0.355. The van der Waals surface area contributed by atoms with E-state index in [1.54, 1.807) is 0 Å². The summed E-state index contributed by atoms with van der Waals surface area (Å²) in [7, 11) is 0. The van der Waals surface area contributed by atoms with E-state index >= 15 is 0 Å². The summed E-state index contributed by atoms with van der Waals surface area (Å²) in [5, 5.41) is 0. The second-order valence-electron chi connectivity index (χ2n) is 2.28. The van der Waals surface area contributed by atoms with E-state index in [1.165, 1.54) is 0 Å². The molecule has 0 heterocycles. The molecule has 0 saturated heterocycles. The van der Waals surface area contributed by atoms with Gasteiger partial charge in [0.15, 0.2) is 0 Å². The maximum atomic E-state index is 12.1. The smallest absolute Gasteiger partial charge is 0.243 e. The molecule has 0 aliphatic rings. The molecule has 100 valence electrons. The number of rotatable bonds is 4. The largest absolute Gasteiger partial charge is 0.419 e. The molecule has 0 rings (SSSR count). The molecule has 0 bridgehead atoms. The van der Waals surface area contributed by atoms with Crippen molar-refractivity contribution in [2.45, 2.75) is 12.2 Å². The zero-order valence-corrected chi connectivity index (χ0v) is 7.19. The minimum Gasteiger partial charge on any atom is -0.243 e. The highest BCUT2D eigenvalue weighted by atomic mass is 19.3. The van der Waals surface area contributed by atoms with E-state index in [-0.39, 0.29) is 0 Å². The molecule has 0 fully saturated rings. The van der Waals surface area contributed by atoms with Crippen molar-refractivity contribution < 1.29 is 48.6 Å². The van der Waals surface area contributed by atoms with Crippen molar-refractivity contribution in [3.63, 3.8) is 0 Å². The molecule has 0 amide bonds. The SMILES string of the molecule is FC(F)=C(F)C(F)(F)OC(F)(F)C(F)=C(F)F. The molecule has 0 aromatic rings. The lowest BCUT2D eigenvalue weighted by Crippen LogP contribution is -2.34. The van der Waals surface area contributed by atoms with Crippen molar-refractivity contribution in [2.24, 2.45) is 0 Å². The van der Waals surface area contributed by atoms with Crippen LogP contribution in [0, 0.1) is 0 Å². The van der Waals surface area contributed by atoms with Crippen molar-refractivity contribution in [2.75, 3.05) is 0 Å². The van der Waals surface area contributed by atoms with E-state index in [0.29, 0.717) is 0 Å². The zero-order valence-electron chi connectivity index (χ0n) is 7.19. The maximum absolute atomic E-state index is 12.1. The van der Waals surface area contributed by atoms with Crippen LogP contribution in [0.1, 0.15) is 0 Å². The summed E-state index contributed by atoms with van der Waals surface area (Å²) >= 11 is 0. The van der Waals surface area contributed by atoms with Crippen LogP contribution in [0.25, 0.3) is 0 Å². The van der Waals surface area contributed by atoms with Crippen LogP contribution in [0.5, 0.6) is 0 Å². The van der Waals surface area contributed by atoms with E-state index in [2.05, 4.69) is 0 Å². The molecule has 17 heavy (non-hydrogen) atoms. The summed E-state index contributed by atoms with van der Waals surface area (Å²) in [4.78, 5) is 0. The molecule has 0 aromatic carbocycles. The van der Waals surface area contributed by atoms with E-state index in [4.69, 9.17) is 0 Å². The van der Waals surface area contributed by atoms with Crippen molar-refractivity contribution in [3.8, 4) is 0 Å². The Morgan fingerprint density at radius 1 is 0.588 bits per heavy atom. The third-order valence-electron chi connectivity index (χ3n) is 1.10. The minimum atomic E-state index is -5.96. The van der Waals surface area contributed by atoms with Crippen molar-refractivity contribution in [1.82, 2.24) is 0 Å². The van der Waals surface area contributed by atoms with E-state index < -0.39 is 36.0 Å². The molecule has 11 heteroatoms. The van der Waals surface area contributed by atoms with Gasteiger partial charge in [-0.2, -0.15) is 43.9 Å². The van der Waals surface area contributed by atoms with Gasteiger partial charge in [0, 0.05) is 0 Å². The average molecular weight is 278 g/mol. The Labute approximate surface area is 86.0 Å². The molecular weight excluding hydrogens is 278 g/mol. The van der Waals surface area contributed by atoms with Gasteiger partial charge in [0.25, 0.3) is 11.7 Å². The van der Waals surface area contributed by atoms with Crippen LogP contribution in [-0.4, -0.2) is 12.2 Å². The Balaban J connectivity index is 5.22. The van der Waals surface area contributed by atoms with Crippen LogP contribution in [0.15, 0.2) is 23.8 Å². The summed E-state index contributed by atoms with van der Waals surface area (Å²) < 4.78 is 120. The molecule has 0 aromatic heterocycles. The van der Waals surface area contributed by atoms with Gasteiger partial charge in [-0.05, 0) is 0 Å². The van der Waals surface area contributed by atoms with E-state index in [9.17, 15) is 43.9 Å². The number of hydrogen-bond acceptors (Lipinski definition) is 1. The molecule has 0 spiro atoms. The van der Waals surface area contributed by atoms with Gasteiger partial charge in [-0.3, -0.25) is 0 Å². The third-order valence-corrected chi connectivity index (χ3v) is 1.10. The molecule has 0 aliphatic heterocycles. The highest BCUT2D eigenvalue weighted by Gasteiger charge is 2.53. The summed E-state index contributed by atoms with van der Waals surface area (Å²) in [6, 6.07) is 0. The Kier molecular flexibility index (Phi) is 4.57. The highest BCUT2D eigenvalue weighted by Crippen LogP contribution is 2.40. The van der Waals surface area contributed by atoms with Gasteiger partial charge in [-0.15, -0.1) is 0 Å². The number of ether oxygens (including phenoxy) is 1. The number of alkyl halides is 4. The van der Waals surface area contributed by atoms with Crippen molar-refractivity contribution in [1.29, 1.82) is 0 Å². The molecule has 0 radical (unpaired) electrons. The van der Waals surface area contributed by atoms with Gasteiger partial charge < -0.3 is 0 Å². The van der Waals surface area contributed by atoms with Gasteiger partial charge in [0.1, 0.15) is 0 Å². The summed E-state index contributed by atoms with van der Waals surface area (Å²) in [5.41, 5.74) is 0. The van der Waals surface area contributed by atoms with Gasteiger partial charge in [-0.25, -0.2) is 4.74 Å². The first-order valence-corrected chi connectivity index (χ1v) is 3.30. The van der Waals surface area contributed by atoms with Gasteiger partial charge in [0.2, 0.25) is 0 Å². The van der Waals surface area contributed by atoms with Gasteiger partial charge in [0.05, 0.1) is 0 Å². The molecule has 0 aliphatic carbocycles. The Bertz CT molecular complexity index is 314. The number of halogens is 10. The molecule has 0 atom stereocenters. The van der Waals surface area contributed by atoms with Crippen LogP contribution in [-0.2, 0) is 4.74 Å². The second-order valence-corrected chi connectivity index (χ2v) is 2.28. The number of hydrogen-bond donors (Lipinski definition) is 0. The Morgan fingerprint density at radius 3 is 1.00 bits per heavy atom. The molecular formula is C6F10O. The zero-order chi connectivity index (χ0) is 14.0. The topological polar surface area (TPSA) is 9.23 Å². The lowest BCUT2D eigenvalue weighted by atomic mass is 10.5. The molecule has 0 unspecified atom stereocenters. The lowest BCUT2D eigenvalue weighted by Gasteiger charge is -2.20. The molecule has 0 N–H and O–H groups in total. The standard InChI is InChI=1S/C6F10O/c7-1(3(9)10)5(13,14)17-6(15,16)2(8)4(11)12. The predicted molar refractivity (Wildman–Crippen MR) is 31.7 cm³/mol. The molecule has 0 saturated carbocycles. The first-order chi connectivity index (χ1) is 7.42. The van der Waals surface area contributed by atoms with Crippen LogP contribution >= 0.6 is 0 Å². The van der Waals surface area contributed by atoms with Crippen LogP contribution in [0.4, 0.5) is 43.9 Å². The van der Waals surface area contributed by atoms with E-state index in [1.807, 2.05) is 4.74 Å². The van der Waals surface area contributed by atoms with Crippen LogP contribution in [0.2, 0.25) is 0 Å². The van der Waals surface area contributed by atoms with Crippen LogP contribution < -0.4 is 0 Å². The normalized spacial score (nSPS) is 12.4. The van der Waals surface area contributed by atoms with Crippen molar-refractivity contribution >= 4 is 0 Å². The minimum absolute atomic E-state index is 1.98. The molecule has 1 nitrogen and oxygen atoms in total. The highest BCUT2D eigenvalue weighted by molar-refractivity contribution is 5.04. The fraction of sp³-hybridized carbons (Fsp3) is 0.333. The maximum Gasteiger partial charge on any atom is 0.419 e. The summed E-state index contributed by atoms with van der Waals surface area (Å²) in [6.45, 7) is 0. The predicted octanol–water partition coefficient (Wildman–Crippen LogP) is 4.34. The fourth-order valence-electron chi connectivity index (χ4n) is 0.471. The second kappa shape index (κ2) is 4.94. The van der Waals surface area contributed by atoms with Crippen LogP contribution in [0.3, 0.4) is 0 Å². The third kappa shape index (κ3) is 3.91. The average Bonchev–Trinajstić information content (AvgIpc) is 2.13. The first-order valence-electron chi connectivity index (χ1n) is 3.30. The fourth-order valence-corrected chi connectivity index (χ4v) is 0.471. The first kappa shape index (κ1) is 15.7. The quantitative estimate of drug-likeness (QED) is 0.695. The monoisotopic (exact) mass is 278 g/mol. The van der Waals surface area contributed by atoms with E-state index in [0.717, 1.165) is 0 Å². The Hall–Kier alpha value is -1.26. The summed E-state index contributed by atoms with van der Waals surface area (Å²) in [5.74, 6) is -7.49. The van der Waals surface area contributed by atoms with Crippen molar-refractivity contribution in [3.05, 3.63) is 23.8 Å². The summed E-state index contributed by atoms with van der Waals surface area (Å²) in [6.07, 6.45) is -19.4. The van der Waals surface area contributed by atoms with Gasteiger partial charge >= 0.3 is 24.4 Å². The Morgan fingerprint density at radius 2 is 0.824 bits per heavy atom.